The predicted molar refractivity (Wildman–Crippen MR) is 122 cm³/mol. The van der Waals surface area contributed by atoms with Gasteiger partial charge in [0.15, 0.2) is 0 Å². The molecule has 0 saturated carbocycles. The van der Waals surface area contributed by atoms with Gasteiger partial charge in [-0.3, -0.25) is 0 Å². The van der Waals surface area contributed by atoms with Crippen LogP contribution in [0.5, 0.6) is 0 Å². The molecule has 31 heavy (non-hydrogen) atoms. The summed E-state index contributed by atoms with van der Waals surface area (Å²) in [4.78, 5) is -0.143. The van der Waals surface area contributed by atoms with Crippen LogP contribution in [0.25, 0.3) is 0 Å². The van der Waals surface area contributed by atoms with Gasteiger partial charge in [-0.2, -0.15) is 0 Å². The average molecular weight is 458 g/mol. The van der Waals surface area contributed by atoms with Crippen LogP contribution >= 0.6 is 0 Å². The zero-order chi connectivity index (χ0) is 22.6. The van der Waals surface area contributed by atoms with Crippen LogP contribution in [-0.4, -0.2) is 20.5 Å². The van der Waals surface area contributed by atoms with E-state index in [1.54, 1.807) is 55.5 Å². The predicted octanol–water partition coefficient (Wildman–Crippen LogP) is 5.03. The third-order valence-electron chi connectivity index (χ3n) is 4.98. The average Bonchev–Trinajstić information content (AvgIpc) is 2.75. The molecule has 0 aromatic heterocycles. The first-order valence-corrected chi connectivity index (χ1v) is 13.0. The fourth-order valence-electron chi connectivity index (χ4n) is 3.46. The van der Waals surface area contributed by atoms with Crippen molar-refractivity contribution in [2.45, 2.75) is 43.0 Å². The van der Waals surface area contributed by atoms with Gasteiger partial charge in [-0.1, -0.05) is 78.2 Å². The van der Waals surface area contributed by atoms with E-state index in [0.717, 1.165) is 12.0 Å². The Bertz CT molecular complexity index is 1140. The molecule has 5 nitrogen and oxygen atoms in total. The fourth-order valence-corrected chi connectivity index (χ4v) is 7.51. The lowest BCUT2D eigenvalue weighted by atomic mass is 10.0. The lowest BCUT2D eigenvalue weighted by Crippen LogP contribution is -2.39. The molecule has 0 radical (unpaired) electrons. The van der Waals surface area contributed by atoms with Gasteiger partial charge in [0.1, 0.15) is 0 Å². The molecule has 0 saturated heterocycles. The van der Waals surface area contributed by atoms with Crippen molar-refractivity contribution >= 4 is 20.0 Å². The van der Waals surface area contributed by atoms with Gasteiger partial charge in [-0.25, -0.2) is 16.8 Å². The second-order valence-corrected chi connectivity index (χ2v) is 11.7. The van der Waals surface area contributed by atoms with Crippen molar-refractivity contribution in [1.29, 1.82) is 0 Å². The van der Waals surface area contributed by atoms with E-state index in [1.165, 1.54) is 24.3 Å². The van der Waals surface area contributed by atoms with Crippen LogP contribution in [0.3, 0.4) is 0 Å². The Morgan fingerprint density at radius 3 is 1.45 bits per heavy atom. The lowest BCUT2D eigenvalue weighted by molar-refractivity contribution is 0.448. The highest BCUT2D eigenvalue weighted by Gasteiger charge is 2.40. The quantitative estimate of drug-likeness (QED) is 0.476. The molecule has 0 amide bonds. The maximum atomic E-state index is 13.5. The van der Waals surface area contributed by atoms with Crippen molar-refractivity contribution < 1.29 is 16.8 Å². The Balaban J connectivity index is 2.12. The van der Waals surface area contributed by atoms with Gasteiger partial charge in [-0.15, -0.1) is 0 Å². The molecule has 0 spiro atoms. The Hall–Kier alpha value is -2.48. The van der Waals surface area contributed by atoms with E-state index < -0.39 is 26.1 Å². The molecule has 0 heterocycles. The molecular weight excluding hydrogens is 430 g/mol. The SMILES string of the molecule is CC(C)Cc1ccc([C@@H](C)N(S(=O)(=O)c2ccccc2)S(=O)(=O)c2ccccc2)cc1. The minimum absolute atomic E-state index is 0.0715. The van der Waals surface area contributed by atoms with Crippen molar-refractivity contribution in [2.24, 2.45) is 5.92 Å². The molecule has 0 fully saturated rings. The highest BCUT2D eigenvalue weighted by Crippen LogP contribution is 2.34. The van der Waals surface area contributed by atoms with Gasteiger partial charge in [-0.05, 0) is 54.7 Å². The van der Waals surface area contributed by atoms with Gasteiger partial charge >= 0.3 is 0 Å². The van der Waals surface area contributed by atoms with E-state index in [0.29, 0.717) is 15.2 Å². The number of hydrogen-bond donors (Lipinski definition) is 0. The Morgan fingerprint density at radius 2 is 1.06 bits per heavy atom. The van der Waals surface area contributed by atoms with Crippen LogP contribution in [0.15, 0.2) is 94.7 Å². The van der Waals surface area contributed by atoms with Crippen molar-refractivity contribution in [3.63, 3.8) is 0 Å². The molecule has 0 unspecified atom stereocenters. The van der Waals surface area contributed by atoms with E-state index >= 15 is 0 Å². The first-order chi connectivity index (χ1) is 14.6. The summed E-state index contributed by atoms with van der Waals surface area (Å²) in [5, 5.41) is 0. The van der Waals surface area contributed by atoms with E-state index in [9.17, 15) is 16.8 Å². The summed E-state index contributed by atoms with van der Waals surface area (Å²) < 4.78 is 54.7. The number of nitrogens with zero attached hydrogens (tertiary/aromatic N) is 1. The topological polar surface area (TPSA) is 71.5 Å². The normalized spacial score (nSPS) is 13.5. The highest BCUT2D eigenvalue weighted by atomic mass is 32.3. The number of rotatable bonds is 8. The van der Waals surface area contributed by atoms with Gasteiger partial charge in [0.25, 0.3) is 20.0 Å². The summed E-state index contributed by atoms with van der Waals surface area (Å²) in [6, 6.07) is 21.8. The molecule has 1 atom stereocenters. The van der Waals surface area contributed by atoms with Crippen molar-refractivity contribution in [2.75, 3.05) is 0 Å². The summed E-state index contributed by atoms with van der Waals surface area (Å²) in [6.07, 6.45) is 0.892. The fraction of sp³-hybridized carbons (Fsp3) is 0.250. The molecule has 0 aliphatic carbocycles. The van der Waals surface area contributed by atoms with E-state index in [2.05, 4.69) is 13.8 Å². The monoisotopic (exact) mass is 457 g/mol. The summed E-state index contributed by atoms with van der Waals surface area (Å²) in [5.74, 6) is 0.483. The minimum atomic E-state index is -4.34. The molecule has 0 aliphatic heterocycles. The highest BCUT2D eigenvalue weighted by molar-refractivity contribution is 8.04. The summed E-state index contributed by atoms with van der Waals surface area (Å²) >= 11 is 0. The van der Waals surface area contributed by atoms with Crippen molar-refractivity contribution in [3.05, 3.63) is 96.1 Å². The molecule has 0 aliphatic rings. The molecule has 164 valence electrons. The standard InChI is InChI=1S/C24H27NO4S2/c1-19(2)18-21-14-16-22(17-15-21)20(3)25(30(26,27)23-10-6-4-7-11-23)31(28,29)24-12-8-5-9-13-24/h4-17,19-20H,18H2,1-3H3/t20-/m1/s1. The molecule has 7 heteroatoms. The molecular formula is C24H27NO4S2. The zero-order valence-corrected chi connectivity index (χ0v) is 19.5. The third kappa shape index (κ3) is 5.06. The van der Waals surface area contributed by atoms with Gasteiger partial charge in [0.2, 0.25) is 0 Å². The summed E-state index contributed by atoms with van der Waals surface area (Å²) in [7, 11) is -8.68. The number of hydrogen-bond acceptors (Lipinski definition) is 4. The zero-order valence-electron chi connectivity index (χ0n) is 17.8. The Kier molecular flexibility index (Phi) is 6.99. The second kappa shape index (κ2) is 9.34. The molecule has 3 aromatic rings. The summed E-state index contributed by atoms with van der Waals surface area (Å²) in [6.45, 7) is 5.84. The van der Waals surface area contributed by atoms with Crippen LogP contribution in [0.2, 0.25) is 0 Å². The van der Waals surface area contributed by atoms with Gasteiger partial charge in [0.05, 0.1) is 15.8 Å². The van der Waals surface area contributed by atoms with E-state index in [1.807, 2.05) is 12.1 Å². The van der Waals surface area contributed by atoms with Crippen molar-refractivity contribution in [3.8, 4) is 0 Å². The molecule has 0 N–H and O–H groups in total. The number of sulfonamides is 2. The maximum Gasteiger partial charge on any atom is 0.256 e. The smallest absolute Gasteiger partial charge is 0.206 e. The molecule has 0 bridgehead atoms. The first-order valence-electron chi connectivity index (χ1n) is 10.1. The van der Waals surface area contributed by atoms with Crippen LogP contribution < -0.4 is 0 Å². The van der Waals surface area contributed by atoms with Gasteiger partial charge in [0, 0.05) is 0 Å². The Morgan fingerprint density at radius 1 is 0.645 bits per heavy atom. The number of benzene rings is 3. The summed E-state index contributed by atoms with van der Waals surface area (Å²) in [5.41, 5.74) is 1.72. The largest absolute Gasteiger partial charge is 0.256 e. The molecule has 3 aromatic carbocycles. The molecule has 3 rings (SSSR count). The second-order valence-electron chi connectivity index (χ2n) is 7.88. The Labute approximate surface area is 185 Å². The lowest BCUT2D eigenvalue weighted by Gasteiger charge is -2.28. The van der Waals surface area contributed by atoms with E-state index in [-0.39, 0.29) is 9.79 Å². The van der Waals surface area contributed by atoms with Crippen LogP contribution in [0, 0.1) is 5.92 Å². The first kappa shape index (κ1) is 23.2. The van der Waals surface area contributed by atoms with Crippen LogP contribution in [-0.2, 0) is 26.5 Å². The van der Waals surface area contributed by atoms with Crippen LogP contribution in [0.4, 0.5) is 0 Å². The van der Waals surface area contributed by atoms with Crippen molar-refractivity contribution in [1.82, 2.24) is 3.71 Å². The minimum Gasteiger partial charge on any atom is -0.206 e. The maximum absolute atomic E-state index is 13.5. The van der Waals surface area contributed by atoms with Crippen LogP contribution in [0.1, 0.15) is 37.9 Å². The third-order valence-corrected chi connectivity index (χ3v) is 9.47. The van der Waals surface area contributed by atoms with Gasteiger partial charge < -0.3 is 0 Å². The van der Waals surface area contributed by atoms with E-state index in [4.69, 9.17) is 0 Å².